The van der Waals surface area contributed by atoms with Crippen molar-refractivity contribution < 1.29 is 4.79 Å². The highest BCUT2D eigenvalue weighted by Crippen LogP contribution is 2.17. The molecule has 1 amide bonds. The lowest BCUT2D eigenvalue weighted by molar-refractivity contribution is 0.0946. The molecular formula is C19H16BrN5O. The minimum atomic E-state index is -0.219. The van der Waals surface area contributed by atoms with Gasteiger partial charge >= 0.3 is 0 Å². The van der Waals surface area contributed by atoms with E-state index in [2.05, 4.69) is 37.4 Å². The standard InChI is InChI=1S/C19H16BrN5O/c1-13-4-2-5-15(8-13)25-11-14(10-22-25)9-21-19(26)17-12-24-7-3-6-16(20)18(24)23-17/h2-8,10-12H,9H2,1H3,(H,21,26). The summed E-state index contributed by atoms with van der Waals surface area (Å²) in [6.07, 6.45) is 7.24. The lowest BCUT2D eigenvalue weighted by Crippen LogP contribution is -2.22. The predicted octanol–water partition coefficient (Wildman–Crippen LogP) is 3.52. The first-order chi connectivity index (χ1) is 12.6. The predicted molar refractivity (Wildman–Crippen MR) is 102 cm³/mol. The molecule has 0 saturated heterocycles. The van der Waals surface area contributed by atoms with Gasteiger partial charge in [-0.15, -0.1) is 0 Å². The summed E-state index contributed by atoms with van der Waals surface area (Å²) in [5, 5.41) is 7.25. The van der Waals surface area contributed by atoms with Gasteiger partial charge in [-0.2, -0.15) is 5.10 Å². The van der Waals surface area contributed by atoms with E-state index in [-0.39, 0.29) is 5.91 Å². The first-order valence-electron chi connectivity index (χ1n) is 8.12. The number of nitrogens with one attached hydrogen (secondary N) is 1. The number of aryl methyl sites for hydroxylation is 1. The lowest BCUT2D eigenvalue weighted by Gasteiger charge is -2.02. The number of benzene rings is 1. The molecule has 4 rings (SSSR count). The maximum Gasteiger partial charge on any atom is 0.271 e. The quantitative estimate of drug-likeness (QED) is 0.560. The Kier molecular flexibility index (Phi) is 4.30. The highest BCUT2D eigenvalue weighted by molar-refractivity contribution is 9.10. The SMILES string of the molecule is Cc1cccc(-n2cc(CNC(=O)c3cn4cccc(Br)c4n3)cn2)c1. The normalized spacial score (nSPS) is 11.0. The molecule has 0 aliphatic carbocycles. The molecule has 0 saturated carbocycles. The lowest BCUT2D eigenvalue weighted by atomic mass is 10.2. The Labute approximate surface area is 158 Å². The van der Waals surface area contributed by atoms with Crippen LogP contribution in [-0.4, -0.2) is 25.1 Å². The largest absolute Gasteiger partial charge is 0.346 e. The van der Waals surface area contributed by atoms with Gasteiger partial charge in [0.2, 0.25) is 0 Å². The third-order valence-corrected chi connectivity index (χ3v) is 4.64. The number of fused-ring (bicyclic) bond motifs is 1. The highest BCUT2D eigenvalue weighted by Gasteiger charge is 2.12. The number of rotatable bonds is 4. The highest BCUT2D eigenvalue weighted by atomic mass is 79.9. The van der Waals surface area contributed by atoms with E-state index in [1.54, 1.807) is 17.1 Å². The number of carbonyl (C=O) groups excluding carboxylic acids is 1. The van der Waals surface area contributed by atoms with Crippen LogP contribution < -0.4 is 5.32 Å². The van der Waals surface area contributed by atoms with Gasteiger partial charge in [-0.1, -0.05) is 12.1 Å². The fourth-order valence-electron chi connectivity index (χ4n) is 2.72. The molecule has 0 bridgehead atoms. The van der Waals surface area contributed by atoms with E-state index in [9.17, 15) is 4.79 Å². The number of pyridine rings is 1. The molecule has 130 valence electrons. The Morgan fingerprint density at radius 3 is 2.92 bits per heavy atom. The third-order valence-electron chi connectivity index (χ3n) is 4.02. The van der Waals surface area contributed by atoms with Crippen LogP contribution in [0.2, 0.25) is 0 Å². The van der Waals surface area contributed by atoms with Crippen molar-refractivity contribution in [2.75, 3.05) is 0 Å². The van der Waals surface area contributed by atoms with Crippen LogP contribution in [0.15, 0.2) is 65.7 Å². The van der Waals surface area contributed by atoms with Crippen LogP contribution in [0.3, 0.4) is 0 Å². The first kappa shape index (κ1) is 16.5. The zero-order chi connectivity index (χ0) is 18.1. The number of nitrogens with zero attached hydrogens (tertiary/aromatic N) is 4. The van der Waals surface area contributed by atoms with E-state index in [0.29, 0.717) is 17.9 Å². The van der Waals surface area contributed by atoms with Crippen LogP contribution in [0.5, 0.6) is 0 Å². The maximum atomic E-state index is 12.4. The first-order valence-corrected chi connectivity index (χ1v) is 8.91. The molecule has 0 fully saturated rings. The molecule has 3 heterocycles. The van der Waals surface area contributed by atoms with Crippen LogP contribution in [0.4, 0.5) is 0 Å². The van der Waals surface area contributed by atoms with Gasteiger partial charge in [0.25, 0.3) is 5.91 Å². The van der Waals surface area contributed by atoms with Crippen LogP contribution in [0.25, 0.3) is 11.3 Å². The Hall–Kier alpha value is -2.93. The number of carbonyl (C=O) groups is 1. The number of aromatic nitrogens is 4. The average Bonchev–Trinajstić information content (AvgIpc) is 3.27. The molecule has 0 aliphatic heterocycles. The van der Waals surface area contributed by atoms with Gasteiger partial charge in [0.05, 0.1) is 16.4 Å². The van der Waals surface area contributed by atoms with Crippen LogP contribution in [-0.2, 0) is 6.54 Å². The second-order valence-electron chi connectivity index (χ2n) is 6.03. The molecule has 0 atom stereocenters. The molecule has 1 aromatic carbocycles. The van der Waals surface area contributed by atoms with E-state index in [4.69, 9.17) is 0 Å². The average molecular weight is 410 g/mol. The van der Waals surface area contributed by atoms with Gasteiger partial charge in [0.1, 0.15) is 5.69 Å². The summed E-state index contributed by atoms with van der Waals surface area (Å²) < 4.78 is 4.46. The Morgan fingerprint density at radius 2 is 2.12 bits per heavy atom. The van der Waals surface area contributed by atoms with Crippen LogP contribution >= 0.6 is 15.9 Å². The Balaban J connectivity index is 1.47. The molecule has 1 N–H and O–H groups in total. The topological polar surface area (TPSA) is 64.2 Å². The number of amides is 1. The van der Waals surface area contributed by atoms with Gasteiger partial charge in [-0.05, 0) is 52.7 Å². The zero-order valence-electron chi connectivity index (χ0n) is 14.1. The fourth-order valence-corrected chi connectivity index (χ4v) is 3.17. The number of hydrogen-bond donors (Lipinski definition) is 1. The van der Waals surface area contributed by atoms with Gasteiger partial charge in [0.15, 0.2) is 5.65 Å². The molecule has 6 nitrogen and oxygen atoms in total. The molecule has 26 heavy (non-hydrogen) atoms. The van der Waals surface area contributed by atoms with Crippen LogP contribution in [0, 0.1) is 6.92 Å². The maximum absolute atomic E-state index is 12.4. The van der Waals surface area contributed by atoms with E-state index in [0.717, 1.165) is 15.7 Å². The Morgan fingerprint density at radius 1 is 1.23 bits per heavy atom. The summed E-state index contributed by atoms with van der Waals surface area (Å²) in [5.74, 6) is -0.219. The van der Waals surface area contributed by atoms with Gasteiger partial charge in [-0.25, -0.2) is 9.67 Å². The van der Waals surface area contributed by atoms with E-state index >= 15 is 0 Å². The summed E-state index contributed by atoms with van der Waals surface area (Å²) in [6, 6.07) is 11.9. The van der Waals surface area contributed by atoms with Crippen molar-refractivity contribution in [2.24, 2.45) is 0 Å². The van der Waals surface area contributed by atoms with Crippen molar-refractivity contribution in [1.29, 1.82) is 0 Å². The summed E-state index contributed by atoms with van der Waals surface area (Å²) in [5.41, 5.74) is 4.18. The van der Waals surface area contributed by atoms with E-state index in [1.807, 2.05) is 54.0 Å². The van der Waals surface area contributed by atoms with Gasteiger partial charge in [-0.3, -0.25) is 4.79 Å². The van der Waals surface area contributed by atoms with E-state index in [1.165, 1.54) is 5.56 Å². The minimum absolute atomic E-state index is 0.219. The van der Waals surface area contributed by atoms with Crippen molar-refractivity contribution in [3.8, 4) is 5.69 Å². The molecule has 3 aromatic heterocycles. The summed E-state index contributed by atoms with van der Waals surface area (Å²) in [7, 11) is 0. The molecular weight excluding hydrogens is 394 g/mol. The molecule has 0 unspecified atom stereocenters. The zero-order valence-corrected chi connectivity index (χ0v) is 15.6. The third kappa shape index (κ3) is 3.25. The van der Waals surface area contributed by atoms with Crippen LogP contribution in [0.1, 0.15) is 21.6 Å². The molecule has 0 radical (unpaired) electrons. The second kappa shape index (κ2) is 6.76. The number of imidazole rings is 1. The molecule has 0 aliphatic rings. The second-order valence-corrected chi connectivity index (χ2v) is 6.88. The van der Waals surface area contributed by atoms with Crippen molar-refractivity contribution in [3.63, 3.8) is 0 Å². The molecule has 7 heteroatoms. The monoisotopic (exact) mass is 409 g/mol. The van der Waals surface area contributed by atoms with Crippen molar-refractivity contribution >= 4 is 27.5 Å². The van der Waals surface area contributed by atoms with E-state index < -0.39 is 0 Å². The summed E-state index contributed by atoms with van der Waals surface area (Å²) in [6.45, 7) is 2.43. The van der Waals surface area contributed by atoms with Crippen molar-refractivity contribution in [2.45, 2.75) is 13.5 Å². The summed E-state index contributed by atoms with van der Waals surface area (Å²) in [4.78, 5) is 16.8. The van der Waals surface area contributed by atoms with Gasteiger partial charge in [0, 0.05) is 30.7 Å². The van der Waals surface area contributed by atoms with Gasteiger partial charge < -0.3 is 9.72 Å². The smallest absolute Gasteiger partial charge is 0.271 e. The molecule has 4 aromatic rings. The van der Waals surface area contributed by atoms with Crippen molar-refractivity contribution in [3.05, 3.63) is 82.5 Å². The number of hydrogen-bond acceptors (Lipinski definition) is 3. The molecule has 0 spiro atoms. The minimum Gasteiger partial charge on any atom is -0.346 e. The fraction of sp³-hybridized carbons (Fsp3) is 0.105. The Bertz CT molecular complexity index is 1100. The van der Waals surface area contributed by atoms with Crippen molar-refractivity contribution in [1.82, 2.24) is 24.5 Å². The summed E-state index contributed by atoms with van der Waals surface area (Å²) >= 11 is 3.44. The number of halogens is 1.